The summed E-state index contributed by atoms with van der Waals surface area (Å²) in [7, 11) is 0. The Bertz CT molecular complexity index is 701. The fourth-order valence-electron chi connectivity index (χ4n) is 3.05. The van der Waals surface area contributed by atoms with Gasteiger partial charge in [0.2, 0.25) is 5.91 Å². The van der Waals surface area contributed by atoms with E-state index in [0.717, 1.165) is 30.8 Å². The maximum Gasteiger partial charge on any atom is 0.237 e. The van der Waals surface area contributed by atoms with Crippen LogP contribution in [0, 0.1) is 6.92 Å². The molecule has 0 aliphatic heterocycles. The Morgan fingerprint density at radius 2 is 1.96 bits per heavy atom. The van der Waals surface area contributed by atoms with Crippen LogP contribution in [0.4, 0.5) is 0 Å². The number of rotatable bonds is 8. The van der Waals surface area contributed by atoms with E-state index < -0.39 is 0 Å². The van der Waals surface area contributed by atoms with Crippen molar-refractivity contribution < 1.29 is 9.21 Å². The molecule has 1 amide bonds. The van der Waals surface area contributed by atoms with Gasteiger partial charge in [0.15, 0.2) is 0 Å². The molecule has 1 aliphatic rings. The molecule has 1 N–H and O–H groups in total. The first-order chi connectivity index (χ1) is 12.1. The summed E-state index contributed by atoms with van der Waals surface area (Å²) >= 11 is 0. The van der Waals surface area contributed by atoms with E-state index in [9.17, 15) is 4.79 Å². The van der Waals surface area contributed by atoms with Gasteiger partial charge in [0.1, 0.15) is 11.5 Å². The highest BCUT2D eigenvalue weighted by atomic mass is 16.3. The van der Waals surface area contributed by atoms with Crippen LogP contribution >= 0.6 is 0 Å². The fourth-order valence-corrected chi connectivity index (χ4v) is 3.05. The fraction of sp³-hybridized carbons (Fsp3) is 0.476. The van der Waals surface area contributed by atoms with Crippen LogP contribution in [0.2, 0.25) is 0 Å². The Kier molecular flexibility index (Phi) is 5.59. The topological polar surface area (TPSA) is 45.5 Å². The third-order valence-corrected chi connectivity index (χ3v) is 4.88. The molecule has 1 aromatic heterocycles. The number of amides is 1. The quantitative estimate of drug-likeness (QED) is 0.790. The number of carbonyl (C=O) groups excluding carboxylic acids is 1. The van der Waals surface area contributed by atoms with Crippen LogP contribution in [0.15, 0.2) is 40.8 Å². The van der Waals surface area contributed by atoms with Gasteiger partial charge in [-0.15, -0.1) is 0 Å². The normalized spacial score (nSPS) is 15.2. The van der Waals surface area contributed by atoms with Crippen LogP contribution in [0.5, 0.6) is 0 Å². The van der Waals surface area contributed by atoms with Gasteiger partial charge in [-0.1, -0.05) is 31.2 Å². The Morgan fingerprint density at radius 1 is 1.24 bits per heavy atom. The molecule has 1 aliphatic carbocycles. The second-order valence-electron chi connectivity index (χ2n) is 6.96. The van der Waals surface area contributed by atoms with Crippen LogP contribution in [-0.2, 0) is 17.8 Å². The molecule has 1 unspecified atom stereocenters. The summed E-state index contributed by atoms with van der Waals surface area (Å²) in [6.45, 7) is 7.11. The Morgan fingerprint density at radius 3 is 2.52 bits per heavy atom. The summed E-state index contributed by atoms with van der Waals surface area (Å²) in [5.41, 5.74) is 2.55. The van der Waals surface area contributed by atoms with Crippen LogP contribution in [0.1, 0.15) is 55.4 Å². The number of nitrogens with zero attached hydrogens (tertiary/aromatic N) is 1. The molecule has 0 saturated heterocycles. The van der Waals surface area contributed by atoms with Crippen molar-refractivity contribution in [2.75, 3.05) is 6.54 Å². The molecular weight excluding hydrogens is 312 g/mol. The molecule has 0 spiro atoms. The van der Waals surface area contributed by atoms with Gasteiger partial charge in [-0.2, -0.15) is 0 Å². The standard InChI is InChI=1S/C21H28N2O2/c1-4-17-6-8-18(9-7-17)16(3)22-13-21(24)23(19-10-11-19)14-20-12-5-15(2)25-20/h5-9,12,16,19,22H,4,10-11,13-14H2,1-3H3. The summed E-state index contributed by atoms with van der Waals surface area (Å²) in [6, 6.07) is 13.0. The lowest BCUT2D eigenvalue weighted by Gasteiger charge is -2.23. The predicted molar refractivity (Wildman–Crippen MR) is 99.3 cm³/mol. The minimum atomic E-state index is 0.147. The van der Waals surface area contributed by atoms with Gasteiger partial charge in [0, 0.05) is 12.1 Å². The van der Waals surface area contributed by atoms with Crippen LogP contribution in [0.3, 0.4) is 0 Å². The van der Waals surface area contributed by atoms with Crippen molar-refractivity contribution in [3.63, 3.8) is 0 Å². The summed E-state index contributed by atoms with van der Waals surface area (Å²) < 4.78 is 5.64. The van der Waals surface area contributed by atoms with Gasteiger partial charge in [-0.05, 0) is 56.4 Å². The van der Waals surface area contributed by atoms with Gasteiger partial charge >= 0.3 is 0 Å². The third kappa shape index (κ3) is 4.73. The van der Waals surface area contributed by atoms with Gasteiger partial charge in [-0.25, -0.2) is 0 Å². The highest BCUT2D eigenvalue weighted by Gasteiger charge is 2.33. The molecule has 4 heteroatoms. The number of hydrogen-bond donors (Lipinski definition) is 1. The second-order valence-corrected chi connectivity index (χ2v) is 6.96. The lowest BCUT2D eigenvalue weighted by Crippen LogP contribution is -2.39. The molecular formula is C21H28N2O2. The number of benzene rings is 1. The molecule has 1 saturated carbocycles. The largest absolute Gasteiger partial charge is 0.464 e. The Hall–Kier alpha value is -2.07. The zero-order valence-electron chi connectivity index (χ0n) is 15.4. The smallest absolute Gasteiger partial charge is 0.237 e. The van der Waals surface area contributed by atoms with Crippen molar-refractivity contribution in [1.29, 1.82) is 0 Å². The zero-order valence-corrected chi connectivity index (χ0v) is 15.4. The minimum Gasteiger partial charge on any atom is -0.464 e. The zero-order chi connectivity index (χ0) is 17.8. The summed E-state index contributed by atoms with van der Waals surface area (Å²) in [5.74, 6) is 1.90. The van der Waals surface area contributed by atoms with Crippen molar-refractivity contribution in [2.24, 2.45) is 0 Å². The van der Waals surface area contributed by atoms with E-state index in [-0.39, 0.29) is 11.9 Å². The number of carbonyl (C=O) groups is 1. The minimum absolute atomic E-state index is 0.147. The van der Waals surface area contributed by atoms with Crippen LogP contribution in [-0.4, -0.2) is 23.4 Å². The molecule has 2 aromatic rings. The van der Waals surface area contributed by atoms with Crippen molar-refractivity contribution in [3.8, 4) is 0 Å². The molecule has 1 heterocycles. The first-order valence-electron chi connectivity index (χ1n) is 9.23. The van der Waals surface area contributed by atoms with E-state index in [2.05, 4.69) is 43.4 Å². The molecule has 0 bridgehead atoms. The van der Waals surface area contributed by atoms with Crippen molar-refractivity contribution >= 4 is 5.91 Å². The van der Waals surface area contributed by atoms with Crippen molar-refractivity contribution in [2.45, 2.75) is 58.7 Å². The average molecular weight is 340 g/mol. The van der Waals surface area contributed by atoms with Crippen LogP contribution in [0.25, 0.3) is 0 Å². The SMILES string of the molecule is CCc1ccc(C(C)NCC(=O)N(Cc2ccc(C)o2)C2CC2)cc1. The predicted octanol–water partition coefficient (Wildman–Crippen LogP) is 3.99. The lowest BCUT2D eigenvalue weighted by atomic mass is 10.1. The monoisotopic (exact) mass is 340 g/mol. The summed E-state index contributed by atoms with van der Waals surface area (Å²) in [6.07, 6.45) is 3.24. The van der Waals surface area contributed by atoms with Crippen molar-refractivity contribution in [1.82, 2.24) is 10.2 Å². The molecule has 4 nitrogen and oxygen atoms in total. The van der Waals surface area contributed by atoms with E-state index >= 15 is 0 Å². The van der Waals surface area contributed by atoms with E-state index in [0.29, 0.717) is 19.1 Å². The van der Waals surface area contributed by atoms with Gasteiger partial charge < -0.3 is 14.6 Å². The van der Waals surface area contributed by atoms with E-state index in [1.807, 2.05) is 24.0 Å². The van der Waals surface area contributed by atoms with E-state index in [1.54, 1.807) is 0 Å². The lowest BCUT2D eigenvalue weighted by molar-refractivity contribution is -0.131. The second kappa shape index (κ2) is 7.87. The molecule has 3 rings (SSSR count). The first-order valence-corrected chi connectivity index (χ1v) is 9.23. The molecule has 0 radical (unpaired) electrons. The van der Waals surface area contributed by atoms with E-state index in [4.69, 9.17) is 4.42 Å². The van der Waals surface area contributed by atoms with Crippen LogP contribution < -0.4 is 5.32 Å². The van der Waals surface area contributed by atoms with Crippen molar-refractivity contribution in [3.05, 3.63) is 59.0 Å². The molecule has 134 valence electrons. The van der Waals surface area contributed by atoms with Gasteiger partial charge in [0.25, 0.3) is 0 Å². The number of furan rings is 1. The molecule has 1 aromatic carbocycles. The molecule has 25 heavy (non-hydrogen) atoms. The maximum absolute atomic E-state index is 12.7. The number of hydrogen-bond acceptors (Lipinski definition) is 3. The first kappa shape index (κ1) is 17.7. The molecule has 1 atom stereocenters. The highest BCUT2D eigenvalue weighted by Crippen LogP contribution is 2.28. The highest BCUT2D eigenvalue weighted by molar-refractivity contribution is 5.79. The van der Waals surface area contributed by atoms with E-state index in [1.165, 1.54) is 11.1 Å². The maximum atomic E-state index is 12.7. The summed E-state index contributed by atoms with van der Waals surface area (Å²) in [5, 5.41) is 3.37. The average Bonchev–Trinajstić information content (AvgIpc) is 3.39. The Labute approximate surface area is 150 Å². The third-order valence-electron chi connectivity index (χ3n) is 4.88. The van der Waals surface area contributed by atoms with Gasteiger partial charge in [-0.3, -0.25) is 4.79 Å². The van der Waals surface area contributed by atoms with Gasteiger partial charge in [0.05, 0.1) is 13.1 Å². The summed E-state index contributed by atoms with van der Waals surface area (Å²) in [4.78, 5) is 14.7. The number of nitrogens with one attached hydrogen (secondary N) is 1. The molecule has 1 fully saturated rings. The number of aryl methyl sites for hydroxylation is 2. The Balaban J connectivity index is 1.55.